The second-order valence-corrected chi connectivity index (χ2v) is 8.66. The zero-order chi connectivity index (χ0) is 25.1. The molecule has 1 N–H and O–H groups in total. The number of furan rings is 1. The molecule has 1 aliphatic rings. The third kappa shape index (κ3) is 4.53. The molecule has 1 aromatic heterocycles. The van der Waals surface area contributed by atoms with Crippen LogP contribution in [0.1, 0.15) is 34.1 Å². The Morgan fingerprint density at radius 2 is 1.64 bits per heavy atom. The topological polar surface area (TPSA) is 80.0 Å². The molecule has 0 aliphatic carbocycles. The molecule has 0 saturated carbocycles. The van der Waals surface area contributed by atoms with E-state index in [-0.39, 0.29) is 17.9 Å². The number of hydrogen-bond acceptors (Lipinski definition) is 5. The van der Waals surface area contributed by atoms with E-state index in [1.54, 1.807) is 36.4 Å². The molecule has 1 aliphatic heterocycles. The number of aliphatic hydroxyl groups excluding tert-OH is 1. The van der Waals surface area contributed by atoms with Crippen molar-refractivity contribution < 1.29 is 23.8 Å². The first-order chi connectivity index (χ1) is 17.5. The van der Waals surface area contributed by atoms with Gasteiger partial charge in [0.25, 0.3) is 11.7 Å². The lowest BCUT2D eigenvalue weighted by molar-refractivity contribution is -0.140. The summed E-state index contributed by atoms with van der Waals surface area (Å²) in [5.74, 6) is -0.456. The maximum atomic E-state index is 13.1. The summed E-state index contributed by atoms with van der Waals surface area (Å²) in [5, 5.41) is 11.2. The molecule has 1 unspecified atom stereocenters. The van der Waals surface area contributed by atoms with Crippen molar-refractivity contribution in [1.29, 1.82) is 0 Å². The fourth-order valence-corrected chi connectivity index (χ4v) is 4.39. The number of ether oxygens (including phenoxy) is 1. The zero-order valence-corrected chi connectivity index (χ0v) is 19.8. The average Bonchev–Trinajstić information content (AvgIpc) is 3.51. The number of ketones is 1. The molecule has 5 rings (SSSR count). The number of rotatable bonds is 7. The molecule has 1 fully saturated rings. The van der Waals surface area contributed by atoms with Crippen molar-refractivity contribution in [3.05, 3.63) is 131 Å². The predicted molar refractivity (Wildman–Crippen MR) is 135 cm³/mol. The largest absolute Gasteiger partial charge is 0.507 e. The van der Waals surface area contributed by atoms with E-state index in [9.17, 15) is 14.7 Å². The minimum absolute atomic E-state index is 0.0475. The van der Waals surface area contributed by atoms with Gasteiger partial charge >= 0.3 is 0 Å². The van der Waals surface area contributed by atoms with Crippen molar-refractivity contribution in [1.82, 2.24) is 4.90 Å². The van der Waals surface area contributed by atoms with Gasteiger partial charge in [0.2, 0.25) is 0 Å². The zero-order valence-electron chi connectivity index (χ0n) is 19.8. The summed E-state index contributed by atoms with van der Waals surface area (Å²) in [6.07, 6.45) is 1.52. The van der Waals surface area contributed by atoms with Crippen LogP contribution in [0.4, 0.5) is 0 Å². The van der Waals surface area contributed by atoms with Gasteiger partial charge in [-0.1, -0.05) is 54.6 Å². The van der Waals surface area contributed by atoms with Crippen LogP contribution in [0, 0.1) is 6.92 Å². The van der Waals surface area contributed by atoms with E-state index < -0.39 is 17.7 Å². The molecule has 0 spiro atoms. The van der Waals surface area contributed by atoms with Crippen LogP contribution < -0.4 is 4.74 Å². The molecule has 36 heavy (non-hydrogen) atoms. The molecule has 1 atom stereocenters. The van der Waals surface area contributed by atoms with E-state index in [4.69, 9.17) is 9.15 Å². The highest BCUT2D eigenvalue weighted by Crippen LogP contribution is 2.40. The third-order valence-electron chi connectivity index (χ3n) is 6.34. The van der Waals surface area contributed by atoms with Crippen LogP contribution in [0.15, 0.2) is 107 Å². The second-order valence-electron chi connectivity index (χ2n) is 8.66. The number of aryl methyl sites for hydroxylation is 1. The normalized spacial score (nSPS) is 16.9. The summed E-state index contributed by atoms with van der Waals surface area (Å²) >= 11 is 0. The SMILES string of the molecule is Cc1ccccc1COc1ccc(/C(O)=C2\C(=O)C(=O)N(Cc3ccco3)C2c2ccccc2)cc1. The van der Waals surface area contributed by atoms with Crippen molar-refractivity contribution in [3.63, 3.8) is 0 Å². The van der Waals surface area contributed by atoms with Gasteiger partial charge in [-0.3, -0.25) is 9.59 Å². The number of carbonyl (C=O) groups excluding carboxylic acids is 2. The minimum atomic E-state index is -0.742. The monoisotopic (exact) mass is 479 g/mol. The van der Waals surface area contributed by atoms with E-state index in [1.165, 1.54) is 11.2 Å². The van der Waals surface area contributed by atoms with Crippen molar-refractivity contribution in [2.24, 2.45) is 0 Å². The Labute approximate surface area is 209 Å². The quantitative estimate of drug-likeness (QED) is 0.206. The van der Waals surface area contributed by atoms with Crippen molar-refractivity contribution in [3.8, 4) is 5.75 Å². The van der Waals surface area contributed by atoms with Crippen LogP contribution in [0.3, 0.4) is 0 Å². The average molecular weight is 480 g/mol. The molecular formula is C30H25NO5. The van der Waals surface area contributed by atoms with Gasteiger partial charge < -0.3 is 19.2 Å². The lowest BCUT2D eigenvalue weighted by atomic mass is 9.95. The number of likely N-dealkylation sites (tertiary alicyclic amines) is 1. The van der Waals surface area contributed by atoms with Crippen LogP contribution >= 0.6 is 0 Å². The molecule has 0 bridgehead atoms. The van der Waals surface area contributed by atoms with E-state index in [1.807, 2.05) is 61.5 Å². The molecule has 6 nitrogen and oxygen atoms in total. The number of nitrogens with zero attached hydrogens (tertiary/aromatic N) is 1. The number of amides is 1. The Bertz CT molecular complexity index is 1410. The number of carbonyl (C=O) groups is 2. The minimum Gasteiger partial charge on any atom is -0.507 e. The summed E-state index contributed by atoms with van der Waals surface area (Å²) < 4.78 is 11.3. The maximum absolute atomic E-state index is 13.1. The first kappa shape index (κ1) is 23.2. The van der Waals surface area contributed by atoms with Gasteiger partial charge in [-0.25, -0.2) is 0 Å². The van der Waals surface area contributed by atoms with Gasteiger partial charge in [-0.2, -0.15) is 0 Å². The van der Waals surface area contributed by atoms with E-state index in [2.05, 4.69) is 0 Å². The number of Topliss-reactive ketones (excluding diaryl/α,β-unsaturated/α-hetero) is 1. The van der Waals surface area contributed by atoms with Crippen molar-refractivity contribution in [2.75, 3.05) is 0 Å². The van der Waals surface area contributed by atoms with Crippen LogP contribution in [-0.2, 0) is 22.7 Å². The fraction of sp³-hybridized carbons (Fsp3) is 0.133. The first-order valence-corrected chi connectivity index (χ1v) is 11.7. The van der Waals surface area contributed by atoms with Crippen LogP contribution in [0.25, 0.3) is 5.76 Å². The molecule has 180 valence electrons. The highest BCUT2D eigenvalue weighted by atomic mass is 16.5. The Balaban J connectivity index is 1.46. The molecule has 1 saturated heterocycles. The fourth-order valence-electron chi connectivity index (χ4n) is 4.39. The predicted octanol–water partition coefficient (Wildman–Crippen LogP) is 5.79. The molecule has 3 aromatic carbocycles. The van der Waals surface area contributed by atoms with Gasteiger partial charge in [0.05, 0.1) is 24.4 Å². The molecule has 0 radical (unpaired) electrons. The van der Waals surface area contributed by atoms with Crippen LogP contribution in [-0.4, -0.2) is 21.7 Å². The summed E-state index contributed by atoms with van der Waals surface area (Å²) in [5.41, 5.74) is 3.43. The number of hydrogen-bond donors (Lipinski definition) is 1. The van der Waals surface area contributed by atoms with Crippen molar-refractivity contribution >= 4 is 17.4 Å². The molecule has 2 heterocycles. The Kier molecular flexibility index (Phi) is 6.41. The van der Waals surface area contributed by atoms with Gasteiger partial charge in [0, 0.05) is 5.56 Å². The maximum Gasteiger partial charge on any atom is 0.296 e. The lowest BCUT2D eigenvalue weighted by Gasteiger charge is -2.24. The molecule has 6 heteroatoms. The van der Waals surface area contributed by atoms with Gasteiger partial charge in [0.15, 0.2) is 0 Å². The molecular weight excluding hydrogens is 454 g/mol. The van der Waals surface area contributed by atoms with Gasteiger partial charge in [0.1, 0.15) is 23.9 Å². The molecule has 4 aromatic rings. The number of aliphatic hydroxyl groups is 1. The van der Waals surface area contributed by atoms with E-state index >= 15 is 0 Å². The molecule has 1 amide bonds. The van der Waals surface area contributed by atoms with Gasteiger partial charge in [-0.05, 0) is 60.0 Å². The highest BCUT2D eigenvalue weighted by Gasteiger charge is 2.46. The Morgan fingerprint density at radius 3 is 2.33 bits per heavy atom. The van der Waals surface area contributed by atoms with Crippen LogP contribution in [0.2, 0.25) is 0 Å². The summed E-state index contributed by atoms with van der Waals surface area (Å²) in [4.78, 5) is 27.6. The Hall–Kier alpha value is -4.58. The first-order valence-electron chi connectivity index (χ1n) is 11.7. The van der Waals surface area contributed by atoms with Crippen molar-refractivity contribution in [2.45, 2.75) is 26.1 Å². The van der Waals surface area contributed by atoms with Crippen LogP contribution in [0.5, 0.6) is 5.75 Å². The Morgan fingerprint density at radius 1 is 0.917 bits per heavy atom. The second kappa shape index (κ2) is 9.96. The number of benzene rings is 3. The van der Waals surface area contributed by atoms with E-state index in [0.717, 1.165) is 16.7 Å². The summed E-state index contributed by atoms with van der Waals surface area (Å²) in [7, 11) is 0. The lowest BCUT2D eigenvalue weighted by Crippen LogP contribution is -2.29. The smallest absolute Gasteiger partial charge is 0.296 e. The standard InChI is InChI=1S/C30H25NO5/c1-20-8-5-6-11-23(20)19-36-24-15-13-22(14-16-24)28(32)26-27(21-9-3-2-4-10-21)31(30(34)29(26)33)18-25-12-7-17-35-25/h2-17,27,32H,18-19H2,1H3/b28-26+. The van der Waals surface area contributed by atoms with E-state index in [0.29, 0.717) is 23.7 Å². The summed E-state index contributed by atoms with van der Waals surface area (Å²) in [6.45, 7) is 2.56. The van der Waals surface area contributed by atoms with Gasteiger partial charge in [-0.15, -0.1) is 0 Å². The third-order valence-corrected chi connectivity index (χ3v) is 6.34. The highest BCUT2D eigenvalue weighted by molar-refractivity contribution is 6.46. The summed E-state index contributed by atoms with van der Waals surface area (Å²) in [6, 6.07) is 26.8.